The summed E-state index contributed by atoms with van der Waals surface area (Å²) in [5.74, 6) is 0.290. The summed E-state index contributed by atoms with van der Waals surface area (Å²) in [6, 6.07) is 0. The van der Waals surface area contributed by atoms with Crippen LogP contribution in [-0.2, 0) is 4.79 Å². The van der Waals surface area contributed by atoms with Gasteiger partial charge in [-0.2, -0.15) is 0 Å². The van der Waals surface area contributed by atoms with Gasteiger partial charge >= 0.3 is 5.97 Å². The van der Waals surface area contributed by atoms with Crippen LogP contribution in [-0.4, -0.2) is 11.1 Å². The van der Waals surface area contributed by atoms with Gasteiger partial charge in [-0.1, -0.05) is 104 Å². The van der Waals surface area contributed by atoms with E-state index in [2.05, 4.69) is 13.8 Å². The van der Waals surface area contributed by atoms with Crippen molar-refractivity contribution in [3.63, 3.8) is 0 Å². The molecule has 0 fully saturated rings. The third kappa shape index (κ3) is 15.9. The molecule has 0 heterocycles. The van der Waals surface area contributed by atoms with Crippen LogP contribution >= 0.6 is 0 Å². The van der Waals surface area contributed by atoms with E-state index >= 15 is 0 Å². The van der Waals surface area contributed by atoms with Crippen molar-refractivity contribution in [2.75, 3.05) is 0 Å². The second-order valence-corrected chi connectivity index (χ2v) is 6.88. The molecular formula is C20H40O2. The lowest BCUT2D eigenvalue weighted by molar-refractivity contribution is -0.137. The van der Waals surface area contributed by atoms with E-state index in [4.69, 9.17) is 5.11 Å². The monoisotopic (exact) mass is 312 g/mol. The molecule has 0 aliphatic heterocycles. The molecule has 0 bridgehead atoms. The molecule has 1 atom stereocenters. The van der Waals surface area contributed by atoms with Gasteiger partial charge in [0.1, 0.15) is 0 Å². The highest BCUT2D eigenvalue weighted by molar-refractivity contribution is 5.66. The van der Waals surface area contributed by atoms with Crippen LogP contribution in [0.4, 0.5) is 0 Å². The topological polar surface area (TPSA) is 37.3 Å². The molecule has 132 valence electrons. The normalized spacial score (nSPS) is 12.5. The molecule has 0 aromatic carbocycles. The quantitative estimate of drug-likeness (QED) is 0.294. The van der Waals surface area contributed by atoms with Gasteiger partial charge in [0.2, 0.25) is 0 Å². The standard InChI is InChI=1S/C20H40O2/c1-3-5-6-7-10-13-16-19(4-2)17-14-11-8-9-12-15-18-20(21)22/h19H,3-18H2,1-2H3,(H,21,22). The summed E-state index contributed by atoms with van der Waals surface area (Å²) in [5, 5.41) is 8.57. The van der Waals surface area contributed by atoms with Crippen molar-refractivity contribution in [2.45, 2.75) is 117 Å². The molecule has 0 aromatic heterocycles. The van der Waals surface area contributed by atoms with Gasteiger partial charge in [0, 0.05) is 6.42 Å². The van der Waals surface area contributed by atoms with E-state index in [1.54, 1.807) is 0 Å². The molecule has 2 nitrogen and oxygen atoms in total. The van der Waals surface area contributed by atoms with Crippen molar-refractivity contribution < 1.29 is 9.90 Å². The highest BCUT2D eigenvalue weighted by Crippen LogP contribution is 2.21. The summed E-state index contributed by atoms with van der Waals surface area (Å²) in [5.41, 5.74) is 0. The van der Waals surface area contributed by atoms with Gasteiger partial charge < -0.3 is 5.11 Å². The average molecular weight is 313 g/mol. The minimum atomic E-state index is -0.652. The van der Waals surface area contributed by atoms with E-state index in [-0.39, 0.29) is 0 Å². The van der Waals surface area contributed by atoms with Crippen molar-refractivity contribution in [3.05, 3.63) is 0 Å². The number of rotatable bonds is 17. The molecule has 0 rings (SSSR count). The molecule has 2 heteroatoms. The van der Waals surface area contributed by atoms with Crippen LogP contribution in [0.3, 0.4) is 0 Å². The fraction of sp³-hybridized carbons (Fsp3) is 0.950. The summed E-state index contributed by atoms with van der Waals surface area (Å²) in [6.07, 6.45) is 20.1. The largest absolute Gasteiger partial charge is 0.481 e. The minimum Gasteiger partial charge on any atom is -0.481 e. The van der Waals surface area contributed by atoms with Gasteiger partial charge in [0.05, 0.1) is 0 Å². The molecule has 0 saturated carbocycles. The molecule has 0 aliphatic carbocycles. The number of hydrogen-bond acceptors (Lipinski definition) is 1. The van der Waals surface area contributed by atoms with Crippen LogP contribution in [0.5, 0.6) is 0 Å². The molecule has 0 amide bonds. The van der Waals surface area contributed by atoms with E-state index < -0.39 is 5.97 Å². The zero-order chi connectivity index (χ0) is 16.5. The fourth-order valence-corrected chi connectivity index (χ4v) is 3.18. The Kier molecular flexibility index (Phi) is 16.4. The van der Waals surface area contributed by atoms with Gasteiger partial charge in [-0.25, -0.2) is 0 Å². The molecule has 0 aromatic rings. The lowest BCUT2D eigenvalue weighted by atomic mass is 9.92. The van der Waals surface area contributed by atoms with Crippen molar-refractivity contribution in [1.29, 1.82) is 0 Å². The van der Waals surface area contributed by atoms with Crippen molar-refractivity contribution in [1.82, 2.24) is 0 Å². The zero-order valence-electron chi connectivity index (χ0n) is 15.2. The maximum Gasteiger partial charge on any atom is 0.303 e. The van der Waals surface area contributed by atoms with E-state index in [0.717, 1.165) is 18.8 Å². The minimum absolute atomic E-state index is 0.343. The maximum atomic E-state index is 10.4. The van der Waals surface area contributed by atoms with Crippen LogP contribution < -0.4 is 0 Å². The Labute approximate surface area is 139 Å². The lowest BCUT2D eigenvalue weighted by Crippen LogP contribution is -1.99. The molecular weight excluding hydrogens is 272 g/mol. The zero-order valence-corrected chi connectivity index (χ0v) is 15.2. The number of aliphatic carboxylic acids is 1. The molecule has 1 unspecified atom stereocenters. The molecule has 0 saturated heterocycles. The Bertz CT molecular complexity index is 238. The second kappa shape index (κ2) is 16.8. The SMILES string of the molecule is CCCCCCCCC(CC)CCCCCCCCC(=O)O. The average Bonchev–Trinajstić information content (AvgIpc) is 2.50. The first-order chi connectivity index (χ1) is 10.7. The van der Waals surface area contributed by atoms with Crippen molar-refractivity contribution in [3.8, 4) is 0 Å². The molecule has 22 heavy (non-hydrogen) atoms. The Morgan fingerprint density at radius 2 is 1.18 bits per heavy atom. The van der Waals surface area contributed by atoms with Crippen LogP contribution in [0.25, 0.3) is 0 Å². The van der Waals surface area contributed by atoms with Crippen LogP contribution in [0, 0.1) is 5.92 Å². The Hall–Kier alpha value is -0.530. The smallest absolute Gasteiger partial charge is 0.303 e. The van der Waals surface area contributed by atoms with Crippen LogP contribution in [0.2, 0.25) is 0 Å². The molecule has 0 spiro atoms. The van der Waals surface area contributed by atoms with Gasteiger partial charge in [0.15, 0.2) is 0 Å². The lowest BCUT2D eigenvalue weighted by Gasteiger charge is -2.14. The second-order valence-electron chi connectivity index (χ2n) is 6.88. The highest BCUT2D eigenvalue weighted by Gasteiger charge is 2.06. The third-order valence-corrected chi connectivity index (χ3v) is 4.80. The van der Waals surface area contributed by atoms with Crippen molar-refractivity contribution in [2.24, 2.45) is 5.92 Å². The number of unbranched alkanes of at least 4 members (excludes halogenated alkanes) is 10. The maximum absolute atomic E-state index is 10.4. The number of carboxylic acids is 1. The van der Waals surface area contributed by atoms with Gasteiger partial charge in [-0.05, 0) is 12.3 Å². The molecule has 0 radical (unpaired) electrons. The Balaban J connectivity index is 3.33. The first kappa shape index (κ1) is 21.5. The molecule has 0 aliphatic rings. The Morgan fingerprint density at radius 1 is 0.727 bits per heavy atom. The molecule has 1 N–H and O–H groups in total. The predicted octanol–water partition coefficient (Wildman–Crippen LogP) is 6.97. The summed E-state index contributed by atoms with van der Waals surface area (Å²) in [4.78, 5) is 10.4. The number of carboxylic acid groups (broad SMARTS) is 1. The first-order valence-corrected chi connectivity index (χ1v) is 9.92. The predicted molar refractivity (Wildman–Crippen MR) is 96.3 cm³/mol. The van der Waals surface area contributed by atoms with E-state index in [1.165, 1.54) is 83.5 Å². The van der Waals surface area contributed by atoms with E-state index in [9.17, 15) is 4.79 Å². The van der Waals surface area contributed by atoms with Crippen LogP contribution in [0.15, 0.2) is 0 Å². The van der Waals surface area contributed by atoms with E-state index in [1.807, 2.05) is 0 Å². The van der Waals surface area contributed by atoms with Gasteiger partial charge in [-0.15, -0.1) is 0 Å². The summed E-state index contributed by atoms with van der Waals surface area (Å²) < 4.78 is 0. The van der Waals surface area contributed by atoms with Gasteiger partial charge in [-0.3, -0.25) is 4.79 Å². The fourth-order valence-electron chi connectivity index (χ4n) is 3.18. The number of carbonyl (C=O) groups is 1. The highest BCUT2D eigenvalue weighted by atomic mass is 16.4. The van der Waals surface area contributed by atoms with E-state index in [0.29, 0.717) is 6.42 Å². The Morgan fingerprint density at radius 3 is 1.64 bits per heavy atom. The summed E-state index contributed by atoms with van der Waals surface area (Å²) in [6.45, 7) is 4.62. The summed E-state index contributed by atoms with van der Waals surface area (Å²) in [7, 11) is 0. The van der Waals surface area contributed by atoms with Gasteiger partial charge in [0.25, 0.3) is 0 Å². The van der Waals surface area contributed by atoms with Crippen LogP contribution in [0.1, 0.15) is 117 Å². The third-order valence-electron chi connectivity index (χ3n) is 4.80. The first-order valence-electron chi connectivity index (χ1n) is 9.92. The summed E-state index contributed by atoms with van der Waals surface area (Å²) >= 11 is 0. The van der Waals surface area contributed by atoms with Crippen molar-refractivity contribution >= 4 is 5.97 Å². The number of hydrogen-bond donors (Lipinski definition) is 1.